The summed E-state index contributed by atoms with van der Waals surface area (Å²) in [5.74, 6) is -0.545. The number of nitrogens with zero attached hydrogens (tertiary/aromatic N) is 2. The summed E-state index contributed by atoms with van der Waals surface area (Å²) in [6.07, 6.45) is 0. The van der Waals surface area contributed by atoms with Crippen LogP contribution in [0, 0.1) is 0 Å². The van der Waals surface area contributed by atoms with Crippen molar-refractivity contribution in [3.05, 3.63) is 48.0 Å². The number of carbonyl (C=O) groups is 1. The number of hydrogen-bond donors (Lipinski definition) is 1. The number of fused-ring (bicyclic) bond motifs is 1. The summed E-state index contributed by atoms with van der Waals surface area (Å²) in [6, 6.07) is 10.8. The number of benzene rings is 2. The highest BCUT2D eigenvalue weighted by Gasteiger charge is 2.20. The lowest BCUT2D eigenvalue weighted by Crippen LogP contribution is -2.14. The van der Waals surface area contributed by atoms with Crippen molar-refractivity contribution in [2.45, 2.75) is 4.90 Å². The molecule has 23 heavy (non-hydrogen) atoms. The van der Waals surface area contributed by atoms with E-state index in [-0.39, 0.29) is 16.1 Å². The van der Waals surface area contributed by atoms with Crippen LogP contribution in [0.3, 0.4) is 0 Å². The highest BCUT2D eigenvalue weighted by atomic mass is 32.2. The van der Waals surface area contributed by atoms with E-state index in [9.17, 15) is 13.2 Å². The summed E-state index contributed by atoms with van der Waals surface area (Å²) in [5, 5.41) is 0. The van der Waals surface area contributed by atoms with Gasteiger partial charge in [-0.1, -0.05) is 12.1 Å². The first-order chi connectivity index (χ1) is 11.0. The Hall–Kier alpha value is -2.52. The van der Waals surface area contributed by atoms with E-state index in [0.717, 1.165) is 11.7 Å². The number of rotatable bonds is 4. The Morgan fingerprint density at radius 3 is 2.74 bits per heavy atom. The van der Waals surface area contributed by atoms with Crippen LogP contribution in [-0.4, -0.2) is 30.2 Å². The molecule has 9 heteroatoms. The predicted molar refractivity (Wildman–Crippen MR) is 86.0 cm³/mol. The maximum atomic E-state index is 12.6. The standard InChI is InChI=1S/C14H11N3O4S2/c1-21-14(18)9-4-2-5-10(8-9)17-23(19,20)12-7-3-6-11-13(12)16-22-15-11/h2-8,17H,1H3. The first-order valence-electron chi connectivity index (χ1n) is 6.44. The van der Waals surface area contributed by atoms with E-state index >= 15 is 0 Å². The van der Waals surface area contributed by atoms with Crippen LogP contribution in [0.4, 0.5) is 5.69 Å². The molecule has 0 spiro atoms. The summed E-state index contributed by atoms with van der Waals surface area (Å²) in [7, 11) is -2.60. The van der Waals surface area contributed by atoms with E-state index in [1.807, 2.05) is 0 Å². The molecule has 0 aliphatic rings. The zero-order chi connectivity index (χ0) is 16.4. The maximum absolute atomic E-state index is 12.6. The molecule has 1 heterocycles. The average Bonchev–Trinajstić information content (AvgIpc) is 3.02. The van der Waals surface area contributed by atoms with Crippen molar-refractivity contribution in [1.29, 1.82) is 0 Å². The van der Waals surface area contributed by atoms with Gasteiger partial charge in [-0.2, -0.15) is 8.75 Å². The molecule has 1 aromatic heterocycles. The normalized spacial score (nSPS) is 11.3. The van der Waals surface area contributed by atoms with Crippen LogP contribution < -0.4 is 4.72 Å². The molecule has 0 saturated heterocycles. The lowest BCUT2D eigenvalue weighted by atomic mass is 10.2. The van der Waals surface area contributed by atoms with Gasteiger partial charge in [-0.25, -0.2) is 13.2 Å². The molecule has 0 aliphatic carbocycles. The molecular formula is C14H11N3O4S2. The van der Waals surface area contributed by atoms with Crippen molar-refractivity contribution >= 4 is 44.4 Å². The summed E-state index contributed by atoms with van der Waals surface area (Å²) in [5.41, 5.74) is 1.34. The van der Waals surface area contributed by atoms with Crippen molar-refractivity contribution in [3.63, 3.8) is 0 Å². The second-order valence-corrected chi connectivity index (χ2v) is 6.75. The Kier molecular flexibility index (Phi) is 3.97. The molecule has 0 fully saturated rings. The number of hydrogen-bond acceptors (Lipinski definition) is 7. The van der Waals surface area contributed by atoms with Gasteiger partial charge in [-0.3, -0.25) is 4.72 Å². The van der Waals surface area contributed by atoms with Gasteiger partial charge in [0.25, 0.3) is 10.0 Å². The van der Waals surface area contributed by atoms with Crippen LogP contribution in [0.1, 0.15) is 10.4 Å². The third-order valence-electron chi connectivity index (χ3n) is 3.07. The largest absolute Gasteiger partial charge is 0.465 e. The molecule has 0 saturated carbocycles. The molecule has 0 aliphatic heterocycles. The number of sulfonamides is 1. The van der Waals surface area contributed by atoms with Crippen LogP contribution >= 0.6 is 11.7 Å². The second-order valence-electron chi connectivity index (χ2n) is 4.57. The highest BCUT2D eigenvalue weighted by Crippen LogP contribution is 2.24. The monoisotopic (exact) mass is 349 g/mol. The molecule has 3 aromatic rings. The maximum Gasteiger partial charge on any atom is 0.337 e. The number of carbonyl (C=O) groups excluding carboxylic acids is 1. The molecule has 118 valence electrons. The Morgan fingerprint density at radius 1 is 1.17 bits per heavy atom. The van der Waals surface area contributed by atoms with Crippen molar-refractivity contribution in [2.24, 2.45) is 0 Å². The lowest BCUT2D eigenvalue weighted by molar-refractivity contribution is 0.0601. The van der Waals surface area contributed by atoms with Crippen LogP contribution in [0.15, 0.2) is 47.4 Å². The Labute approximate surface area is 136 Å². The van der Waals surface area contributed by atoms with Gasteiger partial charge < -0.3 is 4.74 Å². The van der Waals surface area contributed by atoms with E-state index in [4.69, 9.17) is 0 Å². The quantitative estimate of drug-likeness (QED) is 0.726. The Bertz CT molecular complexity index is 982. The van der Waals surface area contributed by atoms with Crippen LogP contribution in [0.2, 0.25) is 0 Å². The lowest BCUT2D eigenvalue weighted by Gasteiger charge is -2.09. The third-order valence-corrected chi connectivity index (χ3v) is 5.03. The molecule has 0 unspecified atom stereocenters. The van der Waals surface area contributed by atoms with Crippen molar-refractivity contribution in [2.75, 3.05) is 11.8 Å². The fraction of sp³-hybridized carbons (Fsp3) is 0.0714. The number of aromatic nitrogens is 2. The minimum Gasteiger partial charge on any atom is -0.465 e. The minimum atomic E-state index is -3.86. The number of esters is 1. The molecular weight excluding hydrogens is 338 g/mol. The van der Waals surface area contributed by atoms with Crippen molar-refractivity contribution in [1.82, 2.24) is 8.75 Å². The summed E-state index contributed by atoms with van der Waals surface area (Å²) >= 11 is 0.945. The number of anilines is 1. The van der Waals surface area contributed by atoms with Crippen LogP contribution in [-0.2, 0) is 14.8 Å². The first kappa shape index (κ1) is 15.4. The number of nitrogens with one attached hydrogen (secondary N) is 1. The number of ether oxygens (including phenoxy) is 1. The molecule has 2 aromatic carbocycles. The highest BCUT2D eigenvalue weighted by molar-refractivity contribution is 7.93. The molecule has 0 amide bonds. The van der Waals surface area contributed by atoms with Crippen molar-refractivity contribution < 1.29 is 17.9 Å². The minimum absolute atomic E-state index is 0.0345. The molecule has 3 rings (SSSR count). The van der Waals surface area contributed by atoms with Gasteiger partial charge in [-0.15, -0.1) is 0 Å². The fourth-order valence-corrected chi connectivity index (χ4v) is 3.85. The Morgan fingerprint density at radius 2 is 1.96 bits per heavy atom. The van der Waals surface area contributed by atoms with Gasteiger partial charge in [0.2, 0.25) is 0 Å². The van der Waals surface area contributed by atoms with E-state index < -0.39 is 16.0 Å². The first-order valence-corrected chi connectivity index (χ1v) is 8.65. The SMILES string of the molecule is COC(=O)c1cccc(NS(=O)(=O)c2cccc3nsnc23)c1. The molecule has 7 nitrogen and oxygen atoms in total. The van der Waals surface area contributed by atoms with E-state index in [1.165, 1.54) is 25.3 Å². The van der Waals surface area contributed by atoms with Crippen molar-refractivity contribution in [3.8, 4) is 0 Å². The second kappa shape index (κ2) is 5.94. The van der Waals surface area contributed by atoms with Crippen LogP contribution in [0.25, 0.3) is 11.0 Å². The molecule has 0 radical (unpaired) electrons. The van der Waals surface area contributed by atoms with Gasteiger partial charge in [0.1, 0.15) is 15.9 Å². The topological polar surface area (TPSA) is 98.2 Å². The van der Waals surface area contributed by atoms with Gasteiger partial charge in [-0.05, 0) is 30.3 Å². The smallest absolute Gasteiger partial charge is 0.337 e. The molecule has 1 N–H and O–H groups in total. The Balaban J connectivity index is 1.99. The fourth-order valence-electron chi connectivity index (χ4n) is 2.04. The number of methoxy groups -OCH3 is 1. The molecule has 0 atom stereocenters. The van der Waals surface area contributed by atoms with Gasteiger partial charge in [0.05, 0.1) is 24.4 Å². The van der Waals surface area contributed by atoms with Gasteiger partial charge in [0, 0.05) is 5.69 Å². The summed E-state index contributed by atoms with van der Waals surface area (Å²) in [4.78, 5) is 11.6. The average molecular weight is 349 g/mol. The summed E-state index contributed by atoms with van der Waals surface area (Å²) < 4.78 is 40.3. The summed E-state index contributed by atoms with van der Waals surface area (Å²) in [6.45, 7) is 0. The van der Waals surface area contributed by atoms with Gasteiger partial charge in [0.15, 0.2) is 0 Å². The van der Waals surface area contributed by atoms with E-state index in [2.05, 4.69) is 18.2 Å². The van der Waals surface area contributed by atoms with E-state index in [0.29, 0.717) is 11.0 Å². The van der Waals surface area contributed by atoms with Crippen LogP contribution in [0.5, 0.6) is 0 Å². The third kappa shape index (κ3) is 3.01. The predicted octanol–water partition coefficient (Wildman–Crippen LogP) is 2.28. The van der Waals surface area contributed by atoms with Gasteiger partial charge >= 0.3 is 5.97 Å². The molecule has 0 bridgehead atoms. The van der Waals surface area contributed by atoms with E-state index in [1.54, 1.807) is 24.3 Å². The zero-order valence-electron chi connectivity index (χ0n) is 11.9. The zero-order valence-corrected chi connectivity index (χ0v) is 13.5.